The minimum Gasteiger partial charge on any atom is -0.284 e. The van der Waals surface area contributed by atoms with Crippen molar-refractivity contribution in [3.63, 3.8) is 0 Å². The van der Waals surface area contributed by atoms with Crippen molar-refractivity contribution in [1.82, 2.24) is 9.80 Å². The summed E-state index contributed by atoms with van der Waals surface area (Å²) in [4.78, 5) is 25.3. The molecule has 1 fully saturated rings. The van der Waals surface area contributed by atoms with E-state index in [-0.39, 0.29) is 24.9 Å². The van der Waals surface area contributed by atoms with Crippen molar-refractivity contribution in [1.29, 1.82) is 0 Å². The molecule has 0 aromatic heterocycles. The molecule has 0 bridgehead atoms. The quantitative estimate of drug-likeness (QED) is 0.654. The second kappa shape index (κ2) is 4.02. The van der Waals surface area contributed by atoms with Gasteiger partial charge in [-0.1, -0.05) is 22.5 Å². The van der Waals surface area contributed by atoms with Gasteiger partial charge in [-0.2, -0.15) is 0 Å². The summed E-state index contributed by atoms with van der Waals surface area (Å²) in [7, 11) is 1.50. The number of carbonyl (C=O) groups is 2. The number of piperazine rings is 1. The molecule has 1 heterocycles. The zero-order valence-corrected chi connectivity index (χ0v) is 9.00. The van der Waals surface area contributed by atoms with Crippen LogP contribution in [0.2, 0.25) is 0 Å². The highest BCUT2D eigenvalue weighted by molar-refractivity contribution is 9.11. The Kier molecular flexibility index (Phi) is 3.22. The van der Waals surface area contributed by atoms with Gasteiger partial charge in [-0.05, 0) is 0 Å². The number of hydrogen-bond donors (Lipinski definition) is 0. The Morgan fingerprint density at radius 3 is 2.31 bits per heavy atom. The topological polar surface area (TPSA) is 40.6 Å². The van der Waals surface area contributed by atoms with Crippen molar-refractivity contribution in [2.24, 2.45) is 0 Å². The molecule has 0 aromatic carbocycles. The minimum absolute atomic E-state index is 0.162. The maximum atomic E-state index is 11.2. The van der Waals surface area contributed by atoms with Gasteiger partial charge in [0.25, 0.3) is 0 Å². The van der Waals surface area contributed by atoms with E-state index in [1.165, 1.54) is 7.05 Å². The number of amides is 2. The first-order chi connectivity index (χ1) is 6.00. The Bertz CT molecular complexity index is 247. The van der Waals surface area contributed by atoms with Crippen LogP contribution in [-0.2, 0) is 9.59 Å². The van der Waals surface area contributed by atoms with Crippen LogP contribution in [0.3, 0.4) is 0 Å². The first-order valence-electron chi connectivity index (χ1n) is 3.85. The van der Waals surface area contributed by atoms with Crippen LogP contribution in [0.25, 0.3) is 0 Å². The van der Waals surface area contributed by atoms with Crippen LogP contribution in [0.15, 0.2) is 11.1 Å². The lowest BCUT2D eigenvalue weighted by molar-refractivity contribution is -0.149. The molecule has 0 radical (unpaired) electrons. The van der Waals surface area contributed by atoms with Gasteiger partial charge in [0.15, 0.2) is 0 Å². The minimum atomic E-state index is -0.162. The van der Waals surface area contributed by atoms with Crippen molar-refractivity contribution >= 4 is 27.7 Å². The van der Waals surface area contributed by atoms with Gasteiger partial charge >= 0.3 is 0 Å². The molecule has 72 valence electrons. The summed E-state index contributed by atoms with van der Waals surface area (Å²) in [6.07, 6.45) is 0. The Morgan fingerprint density at radius 1 is 1.46 bits per heavy atom. The van der Waals surface area contributed by atoms with Crippen molar-refractivity contribution in [3.05, 3.63) is 11.1 Å². The van der Waals surface area contributed by atoms with Gasteiger partial charge < -0.3 is 0 Å². The van der Waals surface area contributed by atoms with Crippen LogP contribution >= 0.6 is 15.9 Å². The summed E-state index contributed by atoms with van der Waals surface area (Å²) >= 11 is 3.19. The summed E-state index contributed by atoms with van der Waals surface area (Å²) < 4.78 is 0.776. The van der Waals surface area contributed by atoms with E-state index in [0.717, 1.165) is 9.38 Å². The predicted octanol–water partition coefficient (Wildman–Crippen LogP) is 0.196. The molecule has 1 aliphatic heterocycles. The zero-order chi connectivity index (χ0) is 10.0. The molecule has 5 heteroatoms. The molecule has 4 nitrogen and oxygen atoms in total. The van der Waals surface area contributed by atoms with Gasteiger partial charge in [-0.25, -0.2) is 0 Å². The van der Waals surface area contributed by atoms with E-state index in [1.807, 2.05) is 0 Å². The molecule has 1 rings (SSSR count). The van der Waals surface area contributed by atoms with Crippen LogP contribution in [0.5, 0.6) is 0 Å². The fourth-order valence-electron chi connectivity index (χ4n) is 1.14. The Morgan fingerprint density at radius 2 is 1.92 bits per heavy atom. The van der Waals surface area contributed by atoms with Crippen molar-refractivity contribution in [2.45, 2.75) is 0 Å². The first-order valence-corrected chi connectivity index (χ1v) is 4.65. The molecule has 0 unspecified atom stereocenters. The molecule has 2 amide bonds. The normalized spacial score (nSPS) is 19.4. The summed E-state index contributed by atoms with van der Waals surface area (Å²) in [5.41, 5.74) is 0. The maximum absolute atomic E-state index is 11.2. The number of hydrogen-bond acceptors (Lipinski definition) is 3. The fraction of sp³-hybridized carbons (Fsp3) is 0.500. The van der Waals surface area contributed by atoms with E-state index in [9.17, 15) is 9.59 Å². The second-order valence-corrected chi connectivity index (χ2v) is 4.13. The van der Waals surface area contributed by atoms with Gasteiger partial charge in [-0.3, -0.25) is 19.4 Å². The van der Waals surface area contributed by atoms with Gasteiger partial charge in [0.2, 0.25) is 11.8 Å². The van der Waals surface area contributed by atoms with Crippen LogP contribution < -0.4 is 0 Å². The van der Waals surface area contributed by atoms with Crippen molar-refractivity contribution in [2.75, 3.05) is 26.7 Å². The van der Waals surface area contributed by atoms with E-state index in [2.05, 4.69) is 22.5 Å². The lowest BCUT2D eigenvalue weighted by atomic mass is 10.3. The first kappa shape index (κ1) is 10.4. The summed E-state index contributed by atoms with van der Waals surface area (Å²) in [5.74, 6) is -0.324. The average molecular weight is 247 g/mol. The van der Waals surface area contributed by atoms with E-state index >= 15 is 0 Å². The molecule has 0 aliphatic carbocycles. The van der Waals surface area contributed by atoms with Gasteiger partial charge in [0.05, 0.1) is 13.1 Å². The fourth-order valence-corrected chi connectivity index (χ4v) is 1.50. The molecule has 0 aromatic rings. The van der Waals surface area contributed by atoms with Crippen LogP contribution in [0, 0.1) is 0 Å². The Labute approximate surface area is 85.3 Å². The highest BCUT2D eigenvalue weighted by Crippen LogP contribution is 2.08. The standard InChI is InChI=1S/C8H11BrN2O2/c1-6(9)3-11-4-7(12)10(2)8(13)5-11/h1,3-5H2,2H3. The summed E-state index contributed by atoms with van der Waals surface area (Å²) in [5, 5.41) is 0. The Balaban J connectivity index is 2.58. The highest BCUT2D eigenvalue weighted by Gasteiger charge is 2.27. The van der Waals surface area contributed by atoms with Crippen molar-refractivity contribution < 1.29 is 9.59 Å². The molecular weight excluding hydrogens is 236 g/mol. The average Bonchev–Trinajstić information content (AvgIpc) is 1.98. The van der Waals surface area contributed by atoms with E-state index in [4.69, 9.17) is 0 Å². The highest BCUT2D eigenvalue weighted by atomic mass is 79.9. The third-order valence-corrected chi connectivity index (χ3v) is 2.11. The predicted molar refractivity (Wildman–Crippen MR) is 52.3 cm³/mol. The zero-order valence-electron chi connectivity index (χ0n) is 7.42. The van der Waals surface area contributed by atoms with E-state index < -0.39 is 0 Å². The molecule has 13 heavy (non-hydrogen) atoms. The number of halogens is 1. The van der Waals surface area contributed by atoms with E-state index in [1.54, 1.807) is 4.90 Å². The Hall–Kier alpha value is -0.680. The number of imide groups is 1. The third-order valence-electron chi connectivity index (χ3n) is 1.86. The smallest absolute Gasteiger partial charge is 0.243 e. The van der Waals surface area contributed by atoms with Crippen LogP contribution in [0.1, 0.15) is 0 Å². The SMILES string of the molecule is C=C(Br)CN1CC(=O)N(C)C(=O)C1. The number of likely N-dealkylation sites (N-methyl/N-ethyl adjacent to an activating group) is 1. The molecule has 1 aliphatic rings. The summed E-state index contributed by atoms with van der Waals surface area (Å²) in [6, 6.07) is 0. The van der Waals surface area contributed by atoms with Crippen LogP contribution in [-0.4, -0.2) is 48.3 Å². The lowest BCUT2D eigenvalue weighted by Crippen LogP contribution is -2.52. The van der Waals surface area contributed by atoms with E-state index in [0.29, 0.717) is 6.54 Å². The number of nitrogens with zero attached hydrogens (tertiary/aromatic N) is 2. The molecule has 1 saturated heterocycles. The van der Waals surface area contributed by atoms with Gasteiger partial charge in [0.1, 0.15) is 0 Å². The molecule has 0 spiro atoms. The molecular formula is C8H11BrN2O2. The molecule has 0 N–H and O–H groups in total. The van der Waals surface area contributed by atoms with Crippen molar-refractivity contribution in [3.8, 4) is 0 Å². The summed E-state index contributed by atoms with van der Waals surface area (Å²) in [6.45, 7) is 4.76. The third kappa shape index (κ3) is 2.63. The van der Waals surface area contributed by atoms with Gasteiger partial charge in [-0.15, -0.1) is 0 Å². The lowest BCUT2D eigenvalue weighted by Gasteiger charge is -2.29. The number of carbonyl (C=O) groups excluding carboxylic acids is 2. The molecule has 0 saturated carbocycles. The monoisotopic (exact) mass is 246 g/mol. The number of rotatable bonds is 2. The second-order valence-electron chi connectivity index (χ2n) is 3.01. The molecule has 0 atom stereocenters. The maximum Gasteiger partial charge on any atom is 0.243 e. The largest absolute Gasteiger partial charge is 0.284 e. The van der Waals surface area contributed by atoms with Crippen LogP contribution in [0.4, 0.5) is 0 Å². The van der Waals surface area contributed by atoms with Gasteiger partial charge in [0, 0.05) is 18.1 Å².